The molecule has 0 radical (unpaired) electrons. The number of aromatic nitrogens is 4. The first kappa shape index (κ1) is 10.5. The van der Waals surface area contributed by atoms with Crippen LogP contribution in [0.2, 0.25) is 0 Å². The molecule has 5 heteroatoms. The molecule has 0 aromatic carbocycles. The van der Waals surface area contributed by atoms with E-state index in [0.29, 0.717) is 5.92 Å². The fourth-order valence-corrected chi connectivity index (χ4v) is 2.25. The smallest absolute Gasteiger partial charge is 0.154 e. The lowest BCUT2D eigenvalue weighted by Crippen LogP contribution is -2.10. The second kappa shape index (κ2) is 5.21. The van der Waals surface area contributed by atoms with E-state index in [1.54, 1.807) is 0 Å². The normalized spacial score (nSPS) is 17.4. The average Bonchev–Trinajstić information content (AvgIpc) is 2.87. The van der Waals surface area contributed by atoms with Crippen molar-refractivity contribution in [1.82, 2.24) is 20.2 Å². The molecule has 1 aliphatic carbocycles. The number of aryl methyl sites for hydroxylation is 1. The Hall–Kier alpha value is -0.970. The SMILES string of the molecule is NCCCCn1nnnc1C1CCCC1. The molecule has 0 saturated heterocycles. The molecule has 1 aliphatic rings. The minimum absolute atomic E-state index is 0.595. The van der Waals surface area contributed by atoms with Crippen LogP contribution in [0.1, 0.15) is 50.3 Å². The Kier molecular flexibility index (Phi) is 3.66. The first-order chi connectivity index (χ1) is 7.42. The fourth-order valence-electron chi connectivity index (χ4n) is 2.25. The summed E-state index contributed by atoms with van der Waals surface area (Å²) in [4.78, 5) is 0. The number of nitrogens with two attached hydrogens (primary N) is 1. The second-order valence-corrected chi connectivity index (χ2v) is 4.24. The highest BCUT2D eigenvalue weighted by atomic mass is 15.5. The number of rotatable bonds is 5. The molecule has 1 aromatic heterocycles. The van der Waals surface area contributed by atoms with Crippen molar-refractivity contribution in [2.24, 2.45) is 5.73 Å². The van der Waals surface area contributed by atoms with Crippen LogP contribution in [-0.4, -0.2) is 26.8 Å². The summed E-state index contributed by atoms with van der Waals surface area (Å²) in [7, 11) is 0. The molecule has 1 fully saturated rings. The van der Waals surface area contributed by atoms with Gasteiger partial charge in [-0.3, -0.25) is 0 Å². The van der Waals surface area contributed by atoms with Crippen molar-refractivity contribution in [3.05, 3.63) is 5.82 Å². The second-order valence-electron chi connectivity index (χ2n) is 4.24. The molecule has 84 valence electrons. The predicted molar refractivity (Wildman–Crippen MR) is 57.3 cm³/mol. The van der Waals surface area contributed by atoms with Crippen molar-refractivity contribution in [2.45, 2.75) is 51.0 Å². The molecule has 0 amide bonds. The molecule has 2 rings (SSSR count). The van der Waals surface area contributed by atoms with E-state index in [4.69, 9.17) is 5.73 Å². The monoisotopic (exact) mass is 209 g/mol. The highest BCUT2D eigenvalue weighted by molar-refractivity contribution is 4.96. The minimum Gasteiger partial charge on any atom is -0.330 e. The van der Waals surface area contributed by atoms with Gasteiger partial charge in [-0.1, -0.05) is 12.8 Å². The maximum absolute atomic E-state index is 5.47. The quantitative estimate of drug-likeness (QED) is 0.736. The molecule has 15 heavy (non-hydrogen) atoms. The summed E-state index contributed by atoms with van der Waals surface area (Å²) < 4.78 is 1.96. The maximum atomic E-state index is 5.47. The van der Waals surface area contributed by atoms with Gasteiger partial charge in [0.25, 0.3) is 0 Å². The summed E-state index contributed by atoms with van der Waals surface area (Å²) in [5, 5.41) is 12.0. The van der Waals surface area contributed by atoms with E-state index < -0.39 is 0 Å². The van der Waals surface area contributed by atoms with Crippen molar-refractivity contribution in [2.75, 3.05) is 6.54 Å². The van der Waals surface area contributed by atoms with Gasteiger partial charge in [0.05, 0.1) is 0 Å². The standard InChI is InChI=1S/C10H19N5/c11-7-3-4-8-15-10(12-13-14-15)9-5-1-2-6-9/h9H,1-8,11H2. The zero-order valence-corrected chi connectivity index (χ0v) is 9.10. The fraction of sp³-hybridized carbons (Fsp3) is 0.900. The average molecular weight is 209 g/mol. The molecule has 2 N–H and O–H groups in total. The summed E-state index contributed by atoms with van der Waals surface area (Å²) in [6.45, 7) is 1.66. The van der Waals surface area contributed by atoms with Crippen LogP contribution in [0.25, 0.3) is 0 Å². The first-order valence-electron chi connectivity index (χ1n) is 5.88. The third-order valence-electron chi connectivity index (χ3n) is 3.10. The van der Waals surface area contributed by atoms with E-state index >= 15 is 0 Å². The van der Waals surface area contributed by atoms with Gasteiger partial charge in [-0.25, -0.2) is 4.68 Å². The van der Waals surface area contributed by atoms with Crippen LogP contribution in [0, 0.1) is 0 Å². The lowest BCUT2D eigenvalue weighted by atomic mass is 10.1. The van der Waals surface area contributed by atoms with Gasteiger partial charge in [-0.05, 0) is 42.7 Å². The lowest BCUT2D eigenvalue weighted by molar-refractivity contribution is 0.501. The molecule has 0 bridgehead atoms. The van der Waals surface area contributed by atoms with E-state index in [1.165, 1.54) is 25.7 Å². The van der Waals surface area contributed by atoms with Crippen molar-refractivity contribution in [3.63, 3.8) is 0 Å². The van der Waals surface area contributed by atoms with Crippen molar-refractivity contribution >= 4 is 0 Å². The van der Waals surface area contributed by atoms with Crippen LogP contribution in [0.15, 0.2) is 0 Å². The molecule has 0 aliphatic heterocycles. The zero-order valence-electron chi connectivity index (χ0n) is 9.10. The Bertz CT molecular complexity index is 290. The molecule has 1 heterocycles. The zero-order chi connectivity index (χ0) is 10.5. The van der Waals surface area contributed by atoms with Gasteiger partial charge in [0.1, 0.15) is 0 Å². The number of unbranched alkanes of at least 4 members (excludes halogenated alkanes) is 1. The Labute approximate surface area is 90.0 Å². The third-order valence-corrected chi connectivity index (χ3v) is 3.10. The van der Waals surface area contributed by atoms with Crippen LogP contribution in [0.5, 0.6) is 0 Å². The largest absolute Gasteiger partial charge is 0.330 e. The number of hydrogen-bond acceptors (Lipinski definition) is 4. The van der Waals surface area contributed by atoms with Crippen molar-refractivity contribution < 1.29 is 0 Å². The summed E-state index contributed by atoms with van der Waals surface area (Å²) >= 11 is 0. The molecule has 0 atom stereocenters. The predicted octanol–water partition coefficient (Wildman–Crippen LogP) is 1.07. The highest BCUT2D eigenvalue weighted by Crippen LogP contribution is 2.32. The summed E-state index contributed by atoms with van der Waals surface area (Å²) in [5.41, 5.74) is 5.47. The Morgan fingerprint density at radius 2 is 2.07 bits per heavy atom. The number of nitrogens with zero attached hydrogens (tertiary/aromatic N) is 4. The van der Waals surface area contributed by atoms with Crippen LogP contribution in [0.3, 0.4) is 0 Å². The van der Waals surface area contributed by atoms with Crippen LogP contribution in [0.4, 0.5) is 0 Å². The maximum Gasteiger partial charge on any atom is 0.154 e. The number of tetrazole rings is 1. The van der Waals surface area contributed by atoms with Crippen molar-refractivity contribution in [1.29, 1.82) is 0 Å². The van der Waals surface area contributed by atoms with Crippen LogP contribution >= 0.6 is 0 Å². The van der Waals surface area contributed by atoms with E-state index in [9.17, 15) is 0 Å². The lowest BCUT2D eigenvalue weighted by Gasteiger charge is -2.08. The van der Waals surface area contributed by atoms with E-state index in [1.807, 2.05) is 4.68 Å². The molecule has 0 spiro atoms. The van der Waals surface area contributed by atoms with Gasteiger partial charge in [0.15, 0.2) is 5.82 Å². The van der Waals surface area contributed by atoms with Crippen LogP contribution < -0.4 is 5.73 Å². The Morgan fingerprint density at radius 3 is 2.80 bits per heavy atom. The highest BCUT2D eigenvalue weighted by Gasteiger charge is 2.22. The van der Waals surface area contributed by atoms with E-state index in [-0.39, 0.29) is 0 Å². The summed E-state index contributed by atoms with van der Waals surface area (Å²) in [5.74, 6) is 1.68. The van der Waals surface area contributed by atoms with Gasteiger partial charge in [0.2, 0.25) is 0 Å². The summed E-state index contributed by atoms with van der Waals surface area (Å²) in [6.07, 6.45) is 7.25. The van der Waals surface area contributed by atoms with Crippen LogP contribution in [-0.2, 0) is 6.54 Å². The Morgan fingerprint density at radius 1 is 1.27 bits per heavy atom. The van der Waals surface area contributed by atoms with Gasteiger partial charge >= 0.3 is 0 Å². The Balaban J connectivity index is 1.95. The molecular formula is C10H19N5. The van der Waals surface area contributed by atoms with Gasteiger partial charge in [0, 0.05) is 12.5 Å². The minimum atomic E-state index is 0.595. The van der Waals surface area contributed by atoms with Crippen molar-refractivity contribution in [3.8, 4) is 0 Å². The van der Waals surface area contributed by atoms with Gasteiger partial charge in [-0.15, -0.1) is 5.10 Å². The van der Waals surface area contributed by atoms with E-state index in [0.717, 1.165) is 31.8 Å². The molecule has 1 aromatic rings. The van der Waals surface area contributed by atoms with Gasteiger partial charge < -0.3 is 5.73 Å². The topological polar surface area (TPSA) is 69.6 Å². The summed E-state index contributed by atoms with van der Waals surface area (Å²) in [6, 6.07) is 0. The molecule has 5 nitrogen and oxygen atoms in total. The molecule has 0 unspecified atom stereocenters. The number of hydrogen-bond donors (Lipinski definition) is 1. The molecular weight excluding hydrogens is 190 g/mol. The van der Waals surface area contributed by atoms with Gasteiger partial charge in [-0.2, -0.15) is 0 Å². The first-order valence-corrected chi connectivity index (χ1v) is 5.88. The van der Waals surface area contributed by atoms with E-state index in [2.05, 4.69) is 15.5 Å². The molecule has 1 saturated carbocycles. The third kappa shape index (κ3) is 2.53.